The zero-order valence-electron chi connectivity index (χ0n) is 22.9. The van der Waals surface area contributed by atoms with Crippen molar-refractivity contribution in [3.63, 3.8) is 0 Å². The Labute approximate surface area is 256 Å². The smallest absolute Gasteiger partial charge is 0.369 e. The van der Waals surface area contributed by atoms with Crippen LogP contribution in [0.3, 0.4) is 0 Å². The van der Waals surface area contributed by atoms with Crippen molar-refractivity contribution >= 4 is 45.1 Å². The van der Waals surface area contributed by atoms with Gasteiger partial charge in [-0.15, -0.1) is 0 Å². The summed E-state index contributed by atoms with van der Waals surface area (Å²) in [6, 6.07) is 0. The molecule has 44 heavy (non-hydrogen) atoms. The van der Waals surface area contributed by atoms with E-state index in [1.165, 1.54) is 10.8 Å². The number of nitrogens with one attached hydrogen (secondary N) is 1. The average molecular weight is 727 g/mol. The highest BCUT2D eigenvalue weighted by Gasteiger charge is 2.43. The molecule has 26 heteroatoms. The van der Waals surface area contributed by atoms with E-state index in [-0.39, 0.29) is 23.3 Å². The Morgan fingerprint density at radius 2 is 1.95 bits per heavy atom. The van der Waals surface area contributed by atoms with Crippen LogP contribution in [0.25, 0.3) is 10.4 Å². The fourth-order valence-electron chi connectivity index (χ4n) is 3.09. The number of nitrogens with zero attached hydrogens (tertiary/aromatic N) is 4. The lowest BCUT2D eigenvalue weighted by molar-refractivity contribution is -0.0601. The summed E-state index contributed by atoms with van der Waals surface area (Å²) in [5, 5.41) is 3.20. The first-order chi connectivity index (χ1) is 20.4. The molecule has 1 fully saturated rings. The first kappa shape index (κ1) is 38.7. The molecule has 21 nitrogen and oxygen atoms in total. The lowest BCUT2D eigenvalue weighted by Crippen LogP contribution is -2.33. The molecule has 1 aromatic rings. The Hall–Kier alpha value is -1.50. The molecule has 2 rings (SSSR count). The van der Waals surface area contributed by atoms with E-state index in [4.69, 9.17) is 35.3 Å². The molecule has 3 unspecified atom stereocenters. The van der Waals surface area contributed by atoms with Gasteiger partial charge in [-0.2, -0.15) is 8.62 Å². The monoisotopic (exact) mass is 726 g/mol. The van der Waals surface area contributed by atoms with Crippen LogP contribution in [0.1, 0.15) is 32.1 Å². The van der Waals surface area contributed by atoms with Gasteiger partial charge in [0.25, 0.3) is 5.56 Å². The van der Waals surface area contributed by atoms with Crippen molar-refractivity contribution in [3.8, 4) is 11.8 Å². The van der Waals surface area contributed by atoms with Crippen molar-refractivity contribution in [2.24, 2.45) is 10.8 Å². The lowest BCUT2D eigenvalue weighted by atomic mass is 10.2. The highest BCUT2D eigenvalue weighted by molar-refractivity contribution is 8.77. The zero-order chi connectivity index (χ0) is 33.2. The van der Waals surface area contributed by atoms with Crippen LogP contribution in [0, 0.1) is 11.8 Å². The third-order valence-corrected chi connectivity index (χ3v) is 11.8. The maximum atomic E-state index is 12.6. The van der Waals surface area contributed by atoms with Gasteiger partial charge >= 0.3 is 29.2 Å². The van der Waals surface area contributed by atoms with Gasteiger partial charge < -0.3 is 39.5 Å². The van der Waals surface area contributed by atoms with Crippen molar-refractivity contribution in [2.45, 2.75) is 43.5 Å². The molecule has 0 bridgehead atoms. The van der Waals surface area contributed by atoms with E-state index in [0.717, 1.165) is 10.8 Å². The topological polar surface area (TPSA) is 317 Å². The molecule has 0 saturated carbocycles. The van der Waals surface area contributed by atoms with Gasteiger partial charge in [0.15, 0.2) is 0 Å². The number of aromatic nitrogens is 2. The fraction of sp³-hybridized carbons (Fsp3) is 0.667. The standard InChI is InChI=1S/C18H29N6O15P3S2/c1-18(2,9-19)44-43-11-34-5-3-4-12-7-24(17(26)22-16(12)25)15-6-13(35-10-21-23-20)14(37-15)8-36-41(30,31)39-42(32,33)38-40(27,28)29/h7,13-15H,5-6,8-11,19H2,1-2H3,(H,30,31)(H,32,33)(H,22,25,26)(H2,27,28,29)/t13?,14-,15-/m1/s1. The minimum atomic E-state index is -5.77. The summed E-state index contributed by atoms with van der Waals surface area (Å²) < 4.78 is 63.6. The summed E-state index contributed by atoms with van der Waals surface area (Å²) in [7, 11) is -13.9. The minimum Gasteiger partial charge on any atom is -0.369 e. The van der Waals surface area contributed by atoms with E-state index in [9.17, 15) is 33.1 Å². The van der Waals surface area contributed by atoms with Crippen molar-refractivity contribution in [1.29, 1.82) is 0 Å². The highest BCUT2D eigenvalue weighted by atomic mass is 33.1. The number of nitrogens with two attached hydrogens (primary N) is 1. The van der Waals surface area contributed by atoms with E-state index in [1.807, 2.05) is 13.8 Å². The van der Waals surface area contributed by atoms with Crippen LogP contribution in [-0.4, -0.2) is 78.5 Å². The molecule has 1 aliphatic heterocycles. The molecule has 0 radical (unpaired) electrons. The van der Waals surface area contributed by atoms with Crippen LogP contribution in [-0.2, 0) is 41.1 Å². The predicted molar refractivity (Wildman–Crippen MR) is 155 cm³/mol. The third-order valence-electron chi connectivity index (χ3n) is 4.99. The van der Waals surface area contributed by atoms with Crippen LogP contribution in [0.15, 0.2) is 20.9 Å². The van der Waals surface area contributed by atoms with Gasteiger partial charge in [-0.3, -0.25) is 18.9 Å². The Morgan fingerprint density at radius 3 is 2.59 bits per heavy atom. The first-order valence-electron chi connectivity index (χ1n) is 11.9. The first-order valence-corrected chi connectivity index (χ1v) is 18.7. The van der Waals surface area contributed by atoms with Crippen LogP contribution < -0.4 is 17.0 Å². The molecule has 1 saturated heterocycles. The average Bonchev–Trinajstić information content (AvgIpc) is 3.28. The molecular formula is C18H29N6O15P3S2. The summed E-state index contributed by atoms with van der Waals surface area (Å²) in [4.78, 5) is 65.8. The van der Waals surface area contributed by atoms with Crippen molar-refractivity contribution < 1.29 is 60.6 Å². The number of H-pyrrole nitrogens is 1. The quantitative estimate of drug-likeness (QED) is 0.0192. The van der Waals surface area contributed by atoms with Gasteiger partial charge in [0.05, 0.1) is 12.7 Å². The molecule has 1 aliphatic rings. The second-order valence-electron chi connectivity index (χ2n) is 8.96. The molecule has 0 aromatic carbocycles. The van der Waals surface area contributed by atoms with Crippen LogP contribution in [0.5, 0.6) is 0 Å². The van der Waals surface area contributed by atoms with Crippen molar-refractivity contribution in [2.75, 3.05) is 32.4 Å². The van der Waals surface area contributed by atoms with Crippen molar-refractivity contribution in [3.05, 3.63) is 43.0 Å². The number of phosphoric ester groups is 1. The van der Waals surface area contributed by atoms with Gasteiger partial charge in [0.1, 0.15) is 37.2 Å². The summed E-state index contributed by atoms with van der Waals surface area (Å²) >= 11 is 0. The van der Waals surface area contributed by atoms with Crippen LogP contribution in [0.2, 0.25) is 0 Å². The molecule has 0 spiro atoms. The second kappa shape index (κ2) is 16.9. The minimum absolute atomic E-state index is 0.0346. The summed E-state index contributed by atoms with van der Waals surface area (Å²) in [6.07, 6.45) is -2.66. The van der Waals surface area contributed by atoms with E-state index in [2.05, 4.69) is 40.0 Å². The molecule has 7 N–H and O–H groups in total. The Kier molecular flexibility index (Phi) is 14.8. The lowest BCUT2D eigenvalue weighted by Gasteiger charge is -2.20. The van der Waals surface area contributed by atoms with E-state index in [1.54, 1.807) is 10.8 Å². The number of azide groups is 1. The number of hydrogen-bond donors (Lipinski definition) is 6. The second-order valence-corrected chi connectivity index (χ2v) is 16.3. The van der Waals surface area contributed by atoms with Crippen LogP contribution in [0.4, 0.5) is 0 Å². The van der Waals surface area contributed by atoms with E-state index >= 15 is 0 Å². The molecule has 0 amide bonds. The number of ether oxygens (including phenoxy) is 3. The molecule has 1 aromatic heterocycles. The summed E-state index contributed by atoms with van der Waals surface area (Å²) in [5.74, 6) is 5.53. The number of aromatic amines is 1. The molecule has 0 aliphatic carbocycles. The third kappa shape index (κ3) is 13.9. The largest absolute Gasteiger partial charge is 0.490 e. The maximum absolute atomic E-state index is 12.6. The van der Waals surface area contributed by atoms with Crippen molar-refractivity contribution in [1.82, 2.24) is 9.55 Å². The van der Waals surface area contributed by atoms with E-state index in [0.29, 0.717) is 12.5 Å². The Bertz CT molecular complexity index is 1520. The Balaban J connectivity index is 2.13. The number of hydrogen-bond acceptors (Lipinski definition) is 15. The Morgan fingerprint density at radius 1 is 1.25 bits per heavy atom. The predicted octanol–water partition coefficient (Wildman–Crippen LogP) is 1.26. The molecule has 248 valence electrons. The summed E-state index contributed by atoms with van der Waals surface area (Å²) in [5.41, 5.74) is 12.3. The molecular weight excluding hydrogens is 697 g/mol. The fourth-order valence-corrected chi connectivity index (χ4v) is 8.21. The highest BCUT2D eigenvalue weighted by Crippen LogP contribution is 2.66. The number of rotatable bonds is 17. The summed E-state index contributed by atoms with van der Waals surface area (Å²) in [6.45, 7) is 2.94. The van der Waals surface area contributed by atoms with Gasteiger partial charge in [0, 0.05) is 28.8 Å². The SMILES string of the molecule is CC(C)(CN)SSCOCC#Cc1cn([C@H]2CC(OCN=[N+]=[N-])[C@@H](COP(=O)(O)OP(=O)(O)OP(=O)(O)O)O2)c(=O)[nH]c1=O. The maximum Gasteiger partial charge on any atom is 0.490 e. The zero-order valence-corrected chi connectivity index (χ0v) is 27.2. The van der Waals surface area contributed by atoms with Gasteiger partial charge in [0.2, 0.25) is 0 Å². The van der Waals surface area contributed by atoms with Gasteiger partial charge in [-0.25, -0.2) is 18.5 Å². The van der Waals surface area contributed by atoms with Gasteiger partial charge in [-0.05, 0) is 19.4 Å². The number of phosphoric acid groups is 3. The molecule has 2 heterocycles. The van der Waals surface area contributed by atoms with Crippen LogP contribution >= 0.6 is 45.1 Å². The van der Waals surface area contributed by atoms with Gasteiger partial charge in [-0.1, -0.05) is 38.5 Å². The van der Waals surface area contributed by atoms with E-state index < -0.39 is 66.5 Å². The normalized spacial score (nSPS) is 21.5. The molecule has 5 atom stereocenters.